The standard InChI is InChI=1S/C19H20BrN3O3/c1-3-26-15-10-8-14(9-11-15)12-21-23-18(24)13(2)22-19(25)16-6-4-5-7-17(16)20/h4-13H,3H2,1-2H3,(H,22,25)(H,23,24). The van der Waals surface area contributed by atoms with Crippen LogP contribution in [0.2, 0.25) is 0 Å². The zero-order valence-electron chi connectivity index (χ0n) is 14.5. The number of nitrogens with zero attached hydrogens (tertiary/aromatic N) is 1. The smallest absolute Gasteiger partial charge is 0.262 e. The van der Waals surface area contributed by atoms with Gasteiger partial charge in [-0.15, -0.1) is 0 Å². The molecule has 0 aliphatic heterocycles. The van der Waals surface area contributed by atoms with E-state index in [-0.39, 0.29) is 5.91 Å². The van der Waals surface area contributed by atoms with E-state index in [1.807, 2.05) is 37.3 Å². The Hall–Kier alpha value is -2.67. The Morgan fingerprint density at radius 2 is 1.88 bits per heavy atom. The van der Waals surface area contributed by atoms with Gasteiger partial charge in [-0.25, -0.2) is 5.43 Å². The summed E-state index contributed by atoms with van der Waals surface area (Å²) < 4.78 is 6.02. The number of nitrogens with one attached hydrogen (secondary N) is 2. The summed E-state index contributed by atoms with van der Waals surface area (Å²) in [5.74, 6) is 0.0281. The maximum absolute atomic E-state index is 12.2. The van der Waals surface area contributed by atoms with Crippen LogP contribution in [-0.4, -0.2) is 30.7 Å². The fraction of sp³-hybridized carbons (Fsp3) is 0.211. The van der Waals surface area contributed by atoms with E-state index < -0.39 is 11.9 Å². The highest BCUT2D eigenvalue weighted by atomic mass is 79.9. The van der Waals surface area contributed by atoms with E-state index in [4.69, 9.17) is 4.74 Å². The molecule has 0 saturated carbocycles. The predicted octanol–water partition coefficient (Wildman–Crippen LogP) is 3.12. The van der Waals surface area contributed by atoms with Gasteiger partial charge in [-0.1, -0.05) is 12.1 Å². The average Bonchev–Trinajstić information content (AvgIpc) is 2.63. The molecule has 0 aliphatic rings. The zero-order chi connectivity index (χ0) is 18.9. The molecule has 2 aromatic rings. The number of hydrogen-bond donors (Lipinski definition) is 2. The van der Waals surface area contributed by atoms with Crippen molar-refractivity contribution in [2.45, 2.75) is 19.9 Å². The van der Waals surface area contributed by atoms with Crippen molar-refractivity contribution in [1.82, 2.24) is 10.7 Å². The van der Waals surface area contributed by atoms with E-state index in [2.05, 4.69) is 31.8 Å². The first kappa shape index (κ1) is 19.7. The van der Waals surface area contributed by atoms with Crippen LogP contribution in [0.4, 0.5) is 0 Å². The lowest BCUT2D eigenvalue weighted by atomic mass is 10.2. The van der Waals surface area contributed by atoms with Crippen LogP contribution >= 0.6 is 15.9 Å². The third kappa shape index (κ3) is 5.70. The zero-order valence-corrected chi connectivity index (χ0v) is 16.1. The van der Waals surface area contributed by atoms with Crippen LogP contribution in [0.25, 0.3) is 0 Å². The molecule has 26 heavy (non-hydrogen) atoms. The number of benzene rings is 2. The summed E-state index contributed by atoms with van der Waals surface area (Å²) in [5, 5.41) is 6.55. The molecule has 2 amide bonds. The Morgan fingerprint density at radius 3 is 2.54 bits per heavy atom. The third-order valence-electron chi connectivity index (χ3n) is 3.44. The minimum absolute atomic E-state index is 0.337. The first-order valence-electron chi connectivity index (χ1n) is 8.12. The molecule has 0 saturated heterocycles. The number of hydrazone groups is 1. The topological polar surface area (TPSA) is 79.8 Å². The summed E-state index contributed by atoms with van der Waals surface area (Å²) in [6.45, 7) is 4.12. The lowest BCUT2D eigenvalue weighted by molar-refractivity contribution is -0.122. The monoisotopic (exact) mass is 417 g/mol. The quantitative estimate of drug-likeness (QED) is 0.536. The Labute approximate surface area is 160 Å². The number of ether oxygens (including phenoxy) is 1. The highest BCUT2D eigenvalue weighted by Crippen LogP contribution is 2.15. The minimum Gasteiger partial charge on any atom is -0.494 e. The third-order valence-corrected chi connectivity index (χ3v) is 4.13. The van der Waals surface area contributed by atoms with Crippen molar-refractivity contribution in [3.05, 3.63) is 64.1 Å². The summed E-state index contributed by atoms with van der Waals surface area (Å²) in [5.41, 5.74) is 3.70. The largest absolute Gasteiger partial charge is 0.494 e. The van der Waals surface area contributed by atoms with Crippen LogP contribution in [0.15, 0.2) is 58.1 Å². The molecule has 2 N–H and O–H groups in total. The van der Waals surface area contributed by atoms with Crippen molar-refractivity contribution < 1.29 is 14.3 Å². The van der Waals surface area contributed by atoms with Crippen molar-refractivity contribution in [2.75, 3.05) is 6.61 Å². The van der Waals surface area contributed by atoms with Crippen molar-refractivity contribution in [1.29, 1.82) is 0 Å². The Balaban J connectivity index is 1.86. The summed E-state index contributed by atoms with van der Waals surface area (Å²) in [6, 6.07) is 13.6. The fourth-order valence-corrected chi connectivity index (χ4v) is 2.53. The Kier molecular flexibility index (Phi) is 7.35. The normalized spacial score (nSPS) is 11.8. The first-order valence-corrected chi connectivity index (χ1v) is 8.91. The van der Waals surface area contributed by atoms with Crippen LogP contribution in [0, 0.1) is 0 Å². The van der Waals surface area contributed by atoms with Crippen molar-refractivity contribution in [2.24, 2.45) is 5.10 Å². The maximum atomic E-state index is 12.2. The SMILES string of the molecule is CCOc1ccc(C=NNC(=O)C(C)NC(=O)c2ccccc2Br)cc1. The van der Waals surface area contributed by atoms with E-state index >= 15 is 0 Å². The van der Waals surface area contributed by atoms with Gasteiger partial charge >= 0.3 is 0 Å². The van der Waals surface area contributed by atoms with E-state index in [9.17, 15) is 9.59 Å². The highest BCUT2D eigenvalue weighted by Gasteiger charge is 2.17. The molecule has 0 fully saturated rings. The van der Waals surface area contributed by atoms with Gasteiger partial charge in [0.25, 0.3) is 11.8 Å². The van der Waals surface area contributed by atoms with Gasteiger partial charge in [-0.2, -0.15) is 5.10 Å². The second-order valence-electron chi connectivity index (χ2n) is 5.41. The maximum Gasteiger partial charge on any atom is 0.262 e. The number of carbonyl (C=O) groups excluding carboxylic acids is 2. The molecule has 0 heterocycles. The summed E-state index contributed by atoms with van der Waals surface area (Å²) >= 11 is 3.31. The molecule has 0 radical (unpaired) electrons. The number of carbonyl (C=O) groups is 2. The van der Waals surface area contributed by atoms with Gasteiger partial charge in [-0.3, -0.25) is 9.59 Å². The molecule has 2 aromatic carbocycles. The molecule has 0 bridgehead atoms. The van der Waals surface area contributed by atoms with Gasteiger partial charge in [0.15, 0.2) is 0 Å². The first-order chi connectivity index (χ1) is 12.5. The number of rotatable bonds is 7. The molecule has 0 aromatic heterocycles. The van der Waals surface area contributed by atoms with Crippen LogP contribution in [0.1, 0.15) is 29.8 Å². The van der Waals surface area contributed by atoms with Gasteiger partial charge in [0.1, 0.15) is 11.8 Å². The molecule has 0 spiro atoms. The lowest BCUT2D eigenvalue weighted by Crippen LogP contribution is -2.43. The number of amides is 2. The summed E-state index contributed by atoms with van der Waals surface area (Å²) in [7, 11) is 0. The Bertz CT molecular complexity index is 791. The molecule has 1 unspecified atom stereocenters. The molecule has 6 nitrogen and oxygen atoms in total. The second kappa shape index (κ2) is 9.72. The molecule has 2 rings (SSSR count). The van der Waals surface area contributed by atoms with E-state index in [0.29, 0.717) is 16.6 Å². The van der Waals surface area contributed by atoms with Crippen molar-refractivity contribution in [3.63, 3.8) is 0 Å². The van der Waals surface area contributed by atoms with Gasteiger partial charge in [0.2, 0.25) is 0 Å². The summed E-state index contributed by atoms with van der Waals surface area (Å²) in [4.78, 5) is 24.2. The molecular weight excluding hydrogens is 398 g/mol. The number of hydrogen-bond acceptors (Lipinski definition) is 4. The van der Waals surface area contributed by atoms with Crippen LogP contribution < -0.4 is 15.5 Å². The molecule has 136 valence electrons. The van der Waals surface area contributed by atoms with Gasteiger partial charge in [0.05, 0.1) is 18.4 Å². The number of halogens is 1. The van der Waals surface area contributed by atoms with Crippen molar-refractivity contribution in [3.8, 4) is 5.75 Å². The van der Waals surface area contributed by atoms with Crippen LogP contribution in [0.5, 0.6) is 5.75 Å². The van der Waals surface area contributed by atoms with E-state index in [1.165, 1.54) is 6.21 Å². The van der Waals surface area contributed by atoms with Crippen LogP contribution in [-0.2, 0) is 4.79 Å². The van der Waals surface area contributed by atoms with E-state index in [1.54, 1.807) is 25.1 Å². The fourth-order valence-electron chi connectivity index (χ4n) is 2.07. The molecule has 1 atom stereocenters. The molecular formula is C19H20BrN3O3. The van der Waals surface area contributed by atoms with Gasteiger partial charge in [-0.05, 0) is 71.7 Å². The van der Waals surface area contributed by atoms with E-state index in [0.717, 1.165) is 11.3 Å². The lowest BCUT2D eigenvalue weighted by Gasteiger charge is -2.12. The van der Waals surface area contributed by atoms with Gasteiger partial charge in [0, 0.05) is 4.47 Å². The average molecular weight is 418 g/mol. The molecule has 0 aliphatic carbocycles. The predicted molar refractivity (Wildman–Crippen MR) is 104 cm³/mol. The Morgan fingerprint density at radius 1 is 1.19 bits per heavy atom. The second-order valence-corrected chi connectivity index (χ2v) is 6.27. The van der Waals surface area contributed by atoms with Gasteiger partial charge < -0.3 is 10.1 Å². The van der Waals surface area contributed by atoms with Crippen molar-refractivity contribution >= 4 is 34.0 Å². The highest BCUT2D eigenvalue weighted by molar-refractivity contribution is 9.10. The minimum atomic E-state index is -0.730. The van der Waals surface area contributed by atoms with Crippen LogP contribution in [0.3, 0.4) is 0 Å². The summed E-state index contributed by atoms with van der Waals surface area (Å²) in [6.07, 6.45) is 1.52. The molecule has 7 heteroatoms.